The van der Waals surface area contributed by atoms with Gasteiger partial charge in [-0.05, 0) is 20.3 Å². The minimum atomic E-state index is 0.291. The monoisotopic (exact) mass is 239 g/mol. The average Bonchev–Trinajstić information content (AvgIpc) is 2.62. The molecule has 2 unspecified atom stereocenters. The van der Waals surface area contributed by atoms with Crippen LogP contribution in [-0.4, -0.2) is 18.0 Å². The van der Waals surface area contributed by atoms with E-state index >= 15 is 0 Å². The van der Waals surface area contributed by atoms with Gasteiger partial charge in [0.15, 0.2) is 5.90 Å². The van der Waals surface area contributed by atoms with E-state index in [0.29, 0.717) is 12.1 Å². The van der Waals surface area contributed by atoms with Gasteiger partial charge < -0.3 is 4.74 Å². The van der Waals surface area contributed by atoms with Gasteiger partial charge in [-0.1, -0.05) is 51.9 Å². The van der Waals surface area contributed by atoms with E-state index in [9.17, 15) is 0 Å². The first-order valence-electron chi connectivity index (χ1n) is 7.47. The molecule has 100 valence electrons. The van der Waals surface area contributed by atoms with Gasteiger partial charge >= 0.3 is 0 Å². The van der Waals surface area contributed by atoms with Crippen molar-refractivity contribution < 1.29 is 4.74 Å². The molecule has 0 fully saturated rings. The van der Waals surface area contributed by atoms with Gasteiger partial charge in [0.2, 0.25) is 0 Å². The van der Waals surface area contributed by atoms with Crippen molar-refractivity contribution in [3.8, 4) is 0 Å². The zero-order valence-electron chi connectivity index (χ0n) is 11.9. The number of unbranched alkanes of at least 4 members (excludes halogenated alkanes) is 7. The van der Waals surface area contributed by atoms with Crippen LogP contribution in [0.1, 0.15) is 78.6 Å². The maximum atomic E-state index is 5.68. The molecule has 0 bridgehead atoms. The molecule has 0 aliphatic carbocycles. The third kappa shape index (κ3) is 6.09. The van der Waals surface area contributed by atoms with Gasteiger partial charge in [0.1, 0.15) is 6.10 Å². The Morgan fingerprint density at radius 3 is 2.06 bits per heavy atom. The highest BCUT2D eigenvalue weighted by Gasteiger charge is 2.21. The summed E-state index contributed by atoms with van der Waals surface area (Å²) in [6, 6.07) is 0.360. The van der Waals surface area contributed by atoms with Crippen LogP contribution in [0.25, 0.3) is 0 Å². The minimum absolute atomic E-state index is 0.291. The molecule has 1 aliphatic rings. The average molecular weight is 239 g/mol. The number of nitrogens with zero attached hydrogens (tertiary/aromatic N) is 1. The summed E-state index contributed by atoms with van der Waals surface area (Å²) in [5, 5.41) is 0. The molecule has 17 heavy (non-hydrogen) atoms. The summed E-state index contributed by atoms with van der Waals surface area (Å²) in [7, 11) is 0. The number of ether oxygens (including phenoxy) is 1. The smallest absolute Gasteiger partial charge is 0.183 e. The first-order chi connectivity index (χ1) is 8.24. The zero-order chi connectivity index (χ0) is 12.5. The lowest BCUT2D eigenvalue weighted by Crippen LogP contribution is -2.14. The third-order valence-corrected chi connectivity index (χ3v) is 3.59. The summed E-state index contributed by atoms with van der Waals surface area (Å²) in [6.45, 7) is 6.50. The van der Waals surface area contributed by atoms with Gasteiger partial charge in [-0.25, -0.2) is 4.99 Å². The maximum absolute atomic E-state index is 5.68. The second-order valence-corrected chi connectivity index (χ2v) is 5.31. The van der Waals surface area contributed by atoms with Gasteiger partial charge in [-0.2, -0.15) is 0 Å². The summed E-state index contributed by atoms with van der Waals surface area (Å²) >= 11 is 0. The van der Waals surface area contributed by atoms with Crippen molar-refractivity contribution >= 4 is 5.90 Å². The summed E-state index contributed by atoms with van der Waals surface area (Å²) in [5.41, 5.74) is 0. The van der Waals surface area contributed by atoms with Crippen LogP contribution in [0.3, 0.4) is 0 Å². The molecule has 0 aromatic rings. The molecule has 0 saturated carbocycles. The summed E-state index contributed by atoms with van der Waals surface area (Å²) in [6.07, 6.45) is 12.3. The Kier molecular flexibility index (Phi) is 7.30. The van der Waals surface area contributed by atoms with E-state index in [4.69, 9.17) is 4.74 Å². The van der Waals surface area contributed by atoms with Crippen molar-refractivity contribution in [2.24, 2.45) is 4.99 Å². The first-order valence-corrected chi connectivity index (χ1v) is 7.47. The molecule has 0 radical (unpaired) electrons. The van der Waals surface area contributed by atoms with Crippen LogP contribution in [0.4, 0.5) is 0 Å². The Morgan fingerprint density at radius 2 is 1.53 bits per heavy atom. The summed E-state index contributed by atoms with van der Waals surface area (Å²) in [5.74, 6) is 0.996. The van der Waals surface area contributed by atoms with Crippen molar-refractivity contribution in [2.75, 3.05) is 0 Å². The van der Waals surface area contributed by atoms with E-state index in [1.807, 2.05) is 0 Å². The highest BCUT2D eigenvalue weighted by Crippen LogP contribution is 2.17. The zero-order valence-corrected chi connectivity index (χ0v) is 11.9. The van der Waals surface area contributed by atoms with E-state index in [-0.39, 0.29) is 0 Å². The summed E-state index contributed by atoms with van der Waals surface area (Å²) in [4.78, 5) is 4.52. The maximum Gasteiger partial charge on any atom is 0.183 e. The molecule has 0 N–H and O–H groups in total. The molecule has 0 spiro atoms. The van der Waals surface area contributed by atoms with E-state index in [1.54, 1.807) is 0 Å². The Labute approximate surface area is 107 Å². The highest BCUT2D eigenvalue weighted by atomic mass is 16.5. The van der Waals surface area contributed by atoms with E-state index < -0.39 is 0 Å². The van der Waals surface area contributed by atoms with Crippen LogP contribution in [0.5, 0.6) is 0 Å². The standard InChI is InChI=1S/C15H29NO/c1-4-5-6-7-8-9-10-11-12-15-16-13(2)14(3)17-15/h13-14H,4-12H2,1-3H3. The molecule has 2 nitrogen and oxygen atoms in total. The predicted octanol–water partition coefficient (Wildman–Crippen LogP) is 4.72. The van der Waals surface area contributed by atoms with E-state index in [2.05, 4.69) is 25.8 Å². The molecule has 0 aromatic carbocycles. The second-order valence-electron chi connectivity index (χ2n) is 5.31. The molecule has 2 heteroatoms. The number of rotatable bonds is 9. The van der Waals surface area contributed by atoms with Crippen molar-refractivity contribution in [2.45, 2.75) is 90.7 Å². The highest BCUT2D eigenvalue weighted by molar-refractivity contribution is 5.77. The Balaban J connectivity index is 1.90. The largest absolute Gasteiger partial charge is 0.476 e. The lowest BCUT2D eigenvalue weighted by Gasteiger charge is -2.07. The Bertz CT molecular complexity index is 225. The molecule has 0 aromatic heterocycles. The lowest BCUT2D eigenvalue weighted by molar-refractivity contribution is 0.213. The number of hydrogen-bond donors (Lipinski definition) is 0. The Morgan fingerprint density at radius 1 is 0.941 bits per heavy atom. The Hall–Kier alpha value is -0.530. The van der Waals surface area contributed by atoms with Crippen molar-refractivity contribution in [1.82, 2.24) is 0 Å². The predicted molar refractivity (Wildman–Crippen MR) is 74.7 cm³/mol. The fourth-order valence-electron chi connectivity index (χ4n) is 2.21. The fourth-order valence-corrected chi connectivity index (χ4v) is 2.21. The molecular formula is C15H29NO. The lowest BCUT2D eigenvalue weighted by atomic mass is 10.1. The summed E-state index contributed by atoms with van der Waals surface area (Å²) < 4.78 is 5.68. The normalized spacial score (nSPS) is 23.6. The van der Waals surface area contributed by atoms with Gasteiger partial charge in [0.25, 0.3) is 0 Å². The van der Waals surface area contributed by atoms with Crippen LogP contribution in [0.15, 0.2) is 4.99 Å². The van der Waals surface area contributed by atoms with Gasteiger partial charge in [-0.3, -0.25) is 0 Å². The number of aliphatic imine (C=N–C) groups is 1. The molecule has 0 amide bonds. The quantitative estimate of drug-likeness (QED) is 0.533. The third-order valence-electron chi connectivity index (χ3n) is 3.59. The number of hydrogen-bond acceptors (Lipinski definition) is 2. The van der Waals surface area contributed by atoms with Crippen LogP contribution in [0.2, 0.25) is 0 Å². The van der Waals surface area contributed by atoms with Crippen LogP contribution >= 0.6 is 0 Å². The molecular weight excluding hydrogens is 210 g/mol. The van der Waals surface area contributed by atoms with Gasteiger partial charge in [-0.15, -0.1) is 0 Å². The van der Waals surface area contributed by atoms with Crippen molar-refractivity contribution in [3.05, 3.63) is 0 Å². The molecule has 1 aliphatic heterocycles. The van der Waals surface area contributed by atoms with Crippen LogP contribution in [-0.2, 0) is 4.74 Å². The minimum Gasteiger partial charge on any atom is -0.476 e. The van der Waals surface area contributed by atoms with Gasteiger partial charge in [0, 0.05) is 6.42 Å². The first kappa shape index (κ1) is 14.5. The van der Waals surface area contributed by atoms with E-state index in [0.717, 1.165) is 12.3 Å². The molecule has 1 rings (SSSR count). The molecule has 0 saturated heterocycles. The topological polar surface area (TPSA) is 21.6 Å². The molecule has 2 atom stereocenters. The SMILES string of the molecule is CCCCCCCCCCC1=NC(C)C(C)O1. The fraction of sp³-hybridized carbons (Fsp3) is 0.933. The van der Waals surface area contributed by atoms with Crippen LogP contribution < -0.4 is 0 Å². The van der Waals surface area contributed by atoms with Crippen molar-refractivity contribution in [1.29, 1.82) is 0 Å². The second kappa shape index (κ2) is 8.54. The van der Waals surface area contributed by atoms with Gasteiger partial charge in [0.05, 0.1) is 6.04 Å². The van der Waals surface area contributed by atoms with Crippen LogP contribution in [0, 0.1) is 0 Å². The molecule has 1 heterocycles. The van der Waals surface area contributed by atoms with Crippen molar-refractivity contribution in [3.63, 3.8) is 0 Å². The van der Waals surface area contributed by atoms with E-state index in [1.165, 1.54) is 51.4 Å².